The van der Waals surface area contributed by atoms with E-state index in [1.165, 1.54) is 18.3 Å². The first-order valence-corrected chi connectivity index (χ1v) is 8.53. The van der Waals surface area contributed by atoms with E-state index in [0.717, 1.165) is 5.56 Å². The Labute approximate surface area is 160 Å². The summed E-state index contributed by atoms with van der Waals surface area (Å²) in [5.74, 6) is -0.711. The zero-order chi connectivity index (χ0) is 19.8. The molecular formula is C21H18N2O5. The third-order valence-electron chi connectivity index (χ3n) is 3.76. The van der Waals surface area contributed by atoms with Crippen molar-refractivity contribution in [1.29, 1.82) is 0 Å². The Balaban J connectivity index is 1.47. The monoisotopic (exact) mass is 378 g/mol. The zero-order valence-electron chi connectivity index (χ0n) is 14.9. The second-order valence-corrected chi connectivity index (χ2v) is 5.84. The Kier molecular flexibility index (Phi) is 6.20. The van der Waals surface area contributed by atoms with Crippen LogP contribution in [0.3, 0.4) is 0 Å². The first-order valence-electron chi connectivity index (χ1n) is 8.53. The summed E-state index contributed by atoms with van der Waals surface area (Å²) in [6.45, 7) is -0.0550. The summed E-state index contributed by atoms with van der Waals surface area (Å²) in [7, 11) is 0. The Morgan fingerprint density at radius 2 is 1.68 bits per heavy atom. The maximum Gasteiger partial charge on any atom is 0.344 e. The molecule has 2 aromatic carbocycles. The molecule has 3 aromatic rings. The number of ether oxygens (including phenoxy) is 2. The summed E-state index contributed by atoms with van der Waals surface area (Å²) >= 11 is 0. The van der Waals surface area contributed by atoms with Gasteiger partial charge in [-0.1, -0.05) is 30.3 Å². The number of benzene rings is 2. The number of anilines is 1. The van der Waals surface area contributed by atoms with Crippen LogP contribution in [0.15, 0.2) is 77.7 Å². The minimum atomic E-state index is -0.860. The molecule has 7 heteroatoms. The fourth-order valence-corrected chi connectivity index (χ4v) is 2.36. The van der Waals surface area contributed by atoms with Crippen LogP contribution in [0.1, 0.15) is 15.9 Å². The highest BCUT2D eigenvalue weighted by Gasteiger charge is 2.13. The highest BCUT2D eigenvalue weighted by atomic mass is 16.5. The molecule has 0 aliphatic carbocycles. The number of nitrogens with one attached hydrogen (secondary N) is 2. The van der Waals surface area contributed by atoms with Crippen molar-refractivity contribution in [3.8, 4) is 5.75 Å². The molecule has 0 radical (unpaired) electrons. The van der Waals surface area contributed by atoms with Crippen molar-refractivity contribution in [2.24, 2.45) is 0 Å². The molecule has 0 saturated heterocycles. The van der Waals surface area contributed by atoms with Crippen molar-refractivity contribution in [1.82, 2.24) is 4.98 Å². The van der Waals surface area contributed by atoms with Crippen molar-refractivity contribution in [2.45, 2.75) is 6.61 Å². The summed E-state index contributed by atoms with van der Waals surface area (Å²) in [6, 6.07) is 19.4. The third kappa shape index (κ3) is 5.31. The lowest BCUT2D eigenvalue weighted by atomic mass is 10.2. The van der Waals surface area contributed by atoms with Gasteiger partial charge in [0.2, 0.25) is 0 Å². The molecule has 142 valence electrons. The quantitative estimate of drug-likeness (QED) is 0.616. The average molecular weight is 378 g/mol. The smallest absolute Gasteiger partial charge is 0.344 e. The van der Waals surface area contributed by atoms with Crippen LogP contribution in [0, 0.1) is 0 Å². The first-order chi connectivity index (χ1) is 13.6. The molecule has 0 saturated carbocycles. The average Bonchev–Trinajstić information content (AvgIpc) is 2.72. The van der Waals surface area contributed by atoms with Gasteiger partial charge in [-0.3, -0.25) is 9.59 Å². The number of pyridine rings is 1. The Hall–Kier alpha value is -3.87. The van der Waals surface area contributed by atoms with E-state index in [2.05, 4.69) is 10.3 Å². The highest BCUT2D eigenvalue weighted by Crippen LogP contribution is 2.17. The molecule has 0 spiro atoms. The molecule has 0 fully saturated rings. The van der Waals surface area contributed by atoms with Gasteiger partial charge in [0.1, 0.15) is 17.9 Å². The van der Waals surface area contributed by atoms with E-state index < -0.39 is 24.0 Å². The van der Waals surface area contributed by atoms with Crippen LogP contribution in [0.5, 0.6) is 5.75 Å². The predicted octanol–water partition coefficient (Wildman–Crippen LogP) is 2.75. The molecule has 7 nitrogen and oxygen atoms in total. The lowest BCUT2D eigenvalue weighted by Crippen LogP contribution is -2.24. The number of esters is 1. The number of carbonyl (C=O) groups is 2. The van der Waals surface area contributed by atoms with Gasteiger partial charge in [0.25, 0.3) is 11.5 Å². The molecule has 28 heavy (non-hydrogen) atoms. The van der Waals surface area contributed by atoms with Gasteiger partial charge in [0, 0.05) is 11.9 Å². The van der Waals surface area contributed by atoms with Crippen molar-refractivity contribution in [3.05, 3.63) is 94.4 Å². The summed E-state index contributed by atoms with van der Waals surface area (Å²) in [6.07, 6.45) is 1.40. The van der Waals surface area contributed by atoms with E-state index in [0.29, 0.717) is 18.0 Å². The summed E-state index contributed by atoms with van der Waals surface area (Å²) in [5.41, 5.74) is 0.860. The minimum Gasteiger partial charge on any atom is -0.489 e. The lowest BCUT2D eigenvalue weighted by molar-refractivity contribution is -0.119. The van der Waals surface area contributed by atoms with E-state index in [-0.39, 0.29) is 5.56 Å². The van der Waals surface area contributed by atoms with Crippen LogP contribution in [0.4, 0.5) is 5.69 Å². The Morgan fingerprint density at radius 3 is 2.39 bits per heavy atom. The molecule has 3 rings (SSSR count). The lowest BCUT2D eigenvalue weighted by Gasteiger charge is -2.09. The Morgan fingerprint density at radius 1 is 0.929 bits per heavy atom. The highest BCUT2D eigenvalue weighted by molar-refractivity contribution is 5.95. The van der Waals surface area contributed by atoms with E-state index in [4.69, 9.17) is 9.47 Å². The van der Waals surface area contributed by atoms with Gasteiger partial charge in [0.05, 0.1) is 0 Å². The van der Waals surface area contributed by atoms with Crippen molar-refractivity contribution in [3.63, 3.8) is 0 Å². The summed E-state index contributed by atoms with van der Waals surface area (Å²) in [5, 5.41) is 2.61. The van der Waals surface area contributed by atoms with Gasteiger partial charge in [0.15, 0.2) is 6.61 Å². The number of rotatable bonds is 7. The first kappa shape index (κ1) is 18.9. The van der Waals surface area contributed by atoms with Crippen LogP contribution in [-0.4, -0.2) is 23.5 Å². The van der Waals surface area contributed by atoms with Gasteiger partial charge in [-0.25, -0.2) is 4.79 Å². The van der Waals surface area contributed by atoms with Gasteiger partial charge < -0.3 is 19.8 Å². The molecule has 1 aromatic heterocycles. The van der Waals surface area contributed by atoms with Gasteiger partial charge in [-0.2, -0.15) is 0 Å². The molecule has 1 heterocycles. The van der Waals surface area contributed by atoms with E-state index in [1.807, 2.05) is 30.3 Å². The zero-order valence-corrected chi connectivity index (χ0v) is 14.9. The van der Waals surface area contributed by atoms with Crippen molar-refractivity contribution >= 4 is 17.6 Å². The predicted molar refractivity (Wildman–Crippen MR) is 103 cm³/mol. The van der Waals surface area contributed by atoms with Gasteiger partial charge in [-0.15, -0.1) is 0 Å². The normalized spacial score (nSPS) is 10.1. The second kappa shape index (κ2) is 9.18. The number of aromatic amines is 1. The van der Waals surface area contributed by atoms with Crippen molar-refractivity contribution < 1.29 is 19.1 Å². The Bertz CT molecular complexity index is 997. The summed E-state index contributed by atoms with van der Waals surface area (Å²) < 4.78 is 10.5. The molecule has 0 unspecified atom stereocenters. The van der Waals surface area contributed by atoms with Gasteiger partial charge in [-0.05, 0) is 42.0 Å². The molecule has 0 aliphatic rings. The van der Waals surface area contributed by atoms with Crippen LogP contribution in [0.2, 0.25) is 0 Å². The number of carbonyl (C=O) groups excluding carboxylic acids is 2. The van der Waals surface area contributed by atoms with Crippen LogP contribution in [0.25, 0.3) is 0 Å². The molecule has 2 N–H and O–H groups in total. The topological polar surface area (TPSA) is 97.5 Å². The maximum absolute atomic E-state index is 11.9. The van der Waals surface area contributed by atoms with E-state index in [1.54, 1.807) is 24.3 Å². The fraction of sp³-hybridized carbons (Fsp3) is 0.0952. The van der Waals surface area contributed by atoms with Crippen LogP contribution in [-0.2, 0) is 16.1 Å². The number of aromatic nitrogens is 1. The van der Waals surface area contributed by atoms with E-state index >= 15 is 0 Å². The molecule has 1 amide bonds. The number of H-pyrrole nitrogens is 1. The molecular weight excluding hydrogens is 360 g/mol. The van der Waals surface area contributed by atoms with Crippen LogP contribution >= 0.6 is 0 Å². The fourth-order valence-electron chi connectivity index (χ4n) is 2.36. The summed E-state index contributed by atoms with van der Waals surface area (Å²) in [4.78, 5) is 37.6. The molecule has 0 atom stereocenters. The van der Waals surface area contributed by atoms with E-state index in [9.17, 15) is 14.4 Å². The van der Waals surface area contributed by atoms with Crippen LogP contribution < -0.4 is 15.6 Å². The minimum absolute atomic E-state index is 0.157. The largest absolute Gasteiger partial charge is 0.489 e. The standard InChI is InChI=1S/C21H18N2O5/c24-19(14-28-21(26)18-7-4-12-22-20(18)25)23-16-8-10-17(11-9-16)27-13-15-5-2-1-3-6-15/h1-12H,13-14H2,(H,22,25)(H,23,24). The van der Waals surface area contributed by atoms with Gasteiger partial charge >= 0.3 is 5.97 Å². The number of hydrogen-bond acceptors (Lipinski definition) is 5. The molecule has 0 aliphatic heterocycles. The second-order valence-electron chi connectivity index (χ2n) is 5.84. The molecule has 0 bridgehead atoms. The number of amides is 1. The van der Waals surface area contributed by atoms with Crippen molar-refractivity contribution in [2.75, 3.05) is 11.9 Å². The SMILES string of the molecule is O=C(COC(=O)c1ccc[nH]c1=O)Nc1ccc(OCc2ccccc2)cc1. The maximum atomic E-state index is 11.9. The number of hydrogen-bond donors (Lipinski definition) is 2. The third-order valence-corrected chi connectivity index (χ3v) is 3.76.